The Morgan fingerprint density at radius 1 is 1.17 bits per heavy atom. The first-order chi connectivity index (χ1) is 11.4. The maximum Gasteiger partial charge on any atom is 0.123 e. The van der Waals surface area contributed by atoms with Crippen molar-refractivity contribution in [1.82, 2.24) is 5.32 Å². The highest BCUT2D eigenvalue weighted by Gasteiger charge is 2.21. The van der Waals surface area contributed by atoms with Gasteiger partial charge < -0.3 is 15.2 Å². The predicted octanol–water partition coefficient (Wildman–Crippen LogP) is 2.96. The van der Waals surface area contributed by atoms with Crippen LogP contribution in [0.5, 0.6) is 5.75 Å². The highest BCUT2D eigenvalue weighted by atomic mass is 19.1. The molecule has 5 heteroatoms. The lowest BCUT2D eigenvalue weighted by Gasteiger charge is -2.28. The molecule has 1 unspecified atom stereocenters. The molecule has 0 aliphatic rings. The van der Waals surface area contributed by atoms with Gasteiger partial charge in [0.1, 0.15) is 24.3 Å². The summed E-state index contributed by atoms with van der Waals surface area (Å²) >= 11 is 0. The highest BCUT2D eigenvalue weighted by Crippen LogP contribution is 2.20. The number of benzene rings is 2. The van der Waals surface area contributed by atoms with E-state index in [2.05, 4.69) is 5.32 Å². The molecule has 2 rings (SSSR count). The van der Waals surface area contributed by atoms with Crippen LogP contribution in [0.4, 0.5) is 4.39 Å². The molecule has 2 aromatic carbocycles. The summed E-state index contributed by atoms with van der Waals surface area (Å²) in [6.45, 7) is 4.40. The zero-order valence-electron chi connectivity index (χ0n) is 13.8. The van der Waals surface area contributed by atoms with E-state index in [9.17, 15) is 9.50 Å². The molecule has 4 nitrogen and oxygen atoms in total. The van der Waals surface area contributed by atoms with E-state index in [1.165, 1.54) is 12.1 Å². The van der Waals surface area contributed by atoms with Crippen molar-refractivity contribution in [2.75, 3.05) is 13.2 Å². The number of aliphatic hydroxyl groups is 1. The Labute approximate surface area is 141 Å². The van der Waals surface area contributed by atoms with Gasteiger partial charge >= 0.3 is 0 Å². The topological polar surface area (TPSA) is 65.3 Å². The van der Waals surface area contributed by atoms with Gasteiger partial charge in [0.2, 0.25) is 0 Å². The van der Waals surface area contributed by atoms with Gasteiger partial charge in [-0.25, -0.2) is 4.39 Å². The molecule has 2 N–H and O–H groups in total. The zero-order chi connectivity index (χ0) is 17.6. The third-order valence-corrected chi connectivity index (χ3v) is 3.77. The van der Waals surface area contributed by atoms with Crippen LogP contribution in [0.25, 0.3) is 0 Å². The van der Waals surface area contributed by atoms with Gasteiger partial charge in [-0.3, -0.25) is 0 Å². The van der Waals surface area contributed by atoms with E-state index in [0.29, 0.717) is 17.9 Å². The first-order valence-electron chi connectivity index (χ1n) is 7.73. The number of halogens is 1. The summed E-state index contributed by atoms with van der Waals surface area (Å²) in [6, 6.07) is 15.0. The van der Waals surface area contributed by atoms with Crippen LogP contribution in [-0.2, 0) is 5.54 Å². The lowest BCUT2D eigenvalue weighted by atomic mass is 9.94. The highest BCUT2D eigenvalue weighted by molar-refractivity contribution is 5.34. The number of nitrogens with zero attached hydrogens (tertiary/aromatic N) is 1. The van der Waals surface area contributed by atoms with E-state index >= 15 is 0 Å². The second kappa shape index (κ2) is 7.91. The minimum absolute atomic E-state index is 0.137. The zero-order valence-corrected chi connectivity index (χ0v) is 13.8. The van der Waals surface area contributed by atoms with Crippen molar-refractivity contribution in [3.63, 3.8) is 0 Å². The first kappa shape index (κ1) is 17.9. The molecule has 126 valence electrons. The lowest BCUT2D eigenvalue weighted by molar-refractivity contribution is 0.0987. The summed E-state index contributed by atoms with van der Waals surface area (Å²) in [6.07, 6.45) is -0.694. The predicted molar refractivity (Wildman–Crippen MR) is 90.1 cm³/mol. The monoisotopic (exact) mass is 328 g/mol. The minimum atomic E-state index is -0.694. The van der Waals surface area contributed by atoms with Gasteiger partial charge in [-0.05, 0) is 55.8 Å². The normalized spacial score (nSPS) is 12.5. The summed E-state index contributed by atoms with van der Waals surface area (Å²) in [5.41, 5.74) is 1.10. The van der Waals surface area contributed by atoms with Crippen molar-refractivity contribution in [1.29, 1.82) is 5.26 Å². The van der Waals surface area contributed by atoms with Gasteiger partial charge in [0, 0.05) is 12.1 Å². The van der Waals surface area contributed by atoms with Crippen molar-refractivity contribution >= 4 is 0 Å². The number of hydrogen-bond acceptors (Lipinski definition) is 4. The molecule has 1 atom stereocenters. The SMILES string of the molecule is CC(C)(NCC(O)COc1ccc(C#N)cc1)c1ccc(F)cc1. The molecular formula is C19H21FN2O2. The first-order valence-corrected chi connectivity index (χ1v) is 7.73. The van der Waals surface area contributed by atoms with Gasteiger partial charge in [0.25, 0.3) is 0 Å². The lowest BCUT2D eigenvalue weighted by Crippen LogP contribution is -2.42. The van der Waals surface area contributed by atoms with Crippen LogP contribution in [-0.4, -0.2) is 24.4 Å². The molecule has 0 saturated carbocycles. The smallest absolute Gasteiger partial charge is 0.123 e. The summed E-state index contributed by atoms with van der Waals surface area (Å²) in [5.74, 6) is 0.330. The third kappa shape index (κ3) is 5.05. The Bertz CT molecular complexity index is 691. The molecule has 0 spiro atoms. The number of nitrogens with one attached hydrogen (secondary N) is 1. The van der Waals surface area contributed by atoms with Crippen molar-refractivity contribution in [2.45, 2.75) is 25.5 Å². The molecule has 0 amide bonds. The molecule has 0 radical (unpaired) electrons. The summed E-state index contributed by atoms with van der Waals surface area (Å²) in [4.78, 5) is 0. The van der Waals surface area contributed by atoms with Crippen LogP contribution < -0.4 is 10.1 Å². The molecule has 0 aliphatic carbocycles. The number of ether oxygens (including phenoxy) is 1. The van der Waals surface area contributed by atoms with E-state index in [-0.39, 0.29) is 12.4 Å². The van der Waals surface area contributed by atoms with Crippen LogP contribution in [0.1, 0.15) is 25.0 Å². The summed E-state index contributed by atoms with van der Waals surface area (Å²) < 4.78 is 18.5. The Kier molecular flexibility index (Phi) is 5.91. The fourth-order valence-corrected chi connectivity index (χ4v) is 2.22. The maximum atomic E-state index is 13.0. The number of aliphatic hydroxyl groups excluding tert-OH is 1. The van der Waals surface area contributed by atoms with E-state index in [4.69, 9.17) is 10.00 Å². The Morgan fingerprint density at radius 2 is 1.79 bits per heavy atom. The molecule has 2 aromatic rings. The second-order valence-corrected chi connectivity index (χ2v) is 6.11. The van der Waals surface area contributed by atoms with Crippen LogP contribution in [0, 0.1) is 17.1 Å². The fraction of sp³-hybridized carbons (Fsp3) is 0.316. The molecule has 24 heavy (non-hydrogen) atoms. The maximum absolute atomic E-state index is 13.0. The van der Waals surface area contributed by atoms with Gasteiger partial charge in [-0.1, -0.05) is 12.1 Å². The van der Waals surface area contributed by atoms with E-state index in [1.54, 1.807) is 36.4 Å². The molecule has 0 aliphatic heterocycles. The van der Waals surface area contributed by atoms with E-state index < -0.39 is 11.6 Å². The van der Waals surface area contributed by atoms with Gasteiger partial charge in [0.05, 0.1) is 11.6 Å². The Balaban J connectivity index is 1.82. The average Bonchev–Trinajstić information content (AvgIpc) is 2.59. The van der Waals surface area contributed by atoms with Crippen LogP contribution >= 0.6 is 0 Å². The minimum Gasteiger partial charge on any atom is -0.491 e. The van der Waals surface area contributed by atoms with Crippen LogP contribution in [0.3, 0.4) is 0 Å². The molecule has 0 heterocycles. The summed E-state index contributed by atoms with van der Waals surface area (Å²) in [5, 5.41) is 22.1. The quantitative estimate of drug-likeness (QED) is 0.820. The Hall–Kier alpha value is -2.42. The van der Waals surface area contributed by atoms with Gasteiger partial charge in [-0.2, -0.15) is 5.26 Å². The molecule has 0 saturated heterocycles. The second-order valence-electron chi connectivity index (χ2n) is 6.11. The van der Waals surface area contributed by atoms with Crippen molar-refractivity contribution in [3.05, 3.63) is 65.5 Å². The fourth-order valence-electron chi connectivity index (χ4n) is 2.22. The van der Waals surface area contributed by atoms with Crippen molar-refractivity contribution < 1.29 is 14.2 Å². The van der Waals surface area contributed by atoms with Crippen LogP contribution in [0.2, 0.25) is 0 Å². The molecule has 0 bridgehead atoms. The number of hydrogen-bond donors (Lipinski definition) is 2. The average molecular weight is 328 g/mol. The van der Waals surface area contributed by atoms with Crippen molar-refractivity contribution in [3.8, 4) is 11.8 Å². The van der Waals surface area contributed by atoms with Crippen LogP contribution in [0.15, 0.2) is 48.5 Å². The largest absolute Gasteiger partial charge is 0.491 e. The number of nitriles is 1. The molecule has 0 fully saturated rings. The third-order valence-electron chi connectivity index (χ3n) is 3.77. The standard InChI is InChI=1S/C19H21FN2O2/c1-19(2,15-5-7-16(20)8-6-15)22-12-17(23)13-24-18-9-3-14(11-21)4-10-18/h3-10,17,22-23H,12-13H2,1-2H3. The summed E-state index contributed by atoms with van der Waals surface area (Å²) in [7, 11) is 0. The van der Waals surface area contributed by atoms with Crippen molar-refractivity contribution in [2.24, 2.45) is 0 Å². The molecule has 0 aromatic heterocycles. The van der Waals surface area contributed by atoms with Gasteiger partial charge in [0.15, 0.2) is 0 Å². The van der Waals surface area contributed by atoms with E-state index in [0.717, 1.165) is 5.56 Å². The number of rotatable bonds is 7. The van der Waals surface area contributed by atoms with Gasteiger partial charge in [-0.15, -0.1) is 0 Å². The van der Waals surface area contributed by atoms with E-state index in [1.807, 2.05) is 19.9 Å². The molecular weight excluding hydrogens is 307 g/mol. The Morgan fingerprint density at radius 3 is 2.38 bits per heavy atom.